The van der Waals surface area contributed by atoms with Crippen molar-refractivity contribution < 1.29 is 56.1 Å². The van der Waals surface area contributed by atoms with Crippen LogP contribution in [0.3, 0.4) is 0 Å². The number of aromatic nitrogens is 1. The molecule has 19 heteroatoms. The first-order valence-electron chi connectivity index (χ1n) is 23.1. The van der Waals surface area contributed by atoms with Crippen molar-refractivity contribution in [3.05, 3.63) is 102 Å². The quantitative estimate of drug-likeness (QED) is 0.0579. The maximum atomic E-state index is 14.5. The predicted octanol–water partition coefficient (Wildman–Crippen LogP) is 5.16. The summed E-state index contributed by atoms with van der Waals surface area (Å²) in [4.78, 5) is 86.0. The Hall–Kier alpha value is -6.18. The van der Waals surface area contributed by atoms with Crippen LogP contribution < -0.4 is 21.3 Å². The summed E-state index contributed by atoms with van der Waals surface area (Å²) in [7, 11) is -3.92. The highest BCUT2D eigenvalue weighted by atomic mass is 32.2. The molecule has 2 heterocycles. The van der Waals surface area contributed by atoms with Crippen LogP contribution in [-0.4, -0.2) is 115 Å². The lowest BCUT2D eigenvalue weighted by molar-refractivity contribution is -0.155. The van der Waals surface area contributed by atoms with E-state index in [1.165, 1.54) is 16.5 Å². The maximum Gasteiger partial charge on any atom is 0.408 e. The first kappa shape index (κ1) is 55.4. The van der Waals surface area contributed by atoms with Crippen molar-refractivity contribution in [2.24, 2.45) is 5.92 Å². The third-order valence-electron chi connectivity index (χ3n) is 10.3. The molecule has 0 bridgehead atoms. The van der Waals surface area contributed by atoms with E-state index >= 15 is 0 Å². The van der Waals surface area contributed by atoms with Crippen LogP contribution in [0.1, 0.15) is 92.3 Å². The number of carbonyl (C=O) groups is 6. The van der Waals surface area contributed by atoms with Gasteiger partial charge in [-0.2, -0.15) is 4.31 Å². The molecule has 2 aromatic carbocycles. The standard InChI is InChI=1S/C50H68N6O12S/c1-34(2)44(47(61)52-38(24-26-43(58)68-50(6,7)8)27-32-69(63,64)56-28-30-65-31-29-56)55-46(60)41(25-23-37-22-21-36-17-12-13-18-39(36)51-37)53-45(59)40(19-14-20-42(57)67-49(3,4)5)54-48(62)66-33-35-15-10-9-11-16-35/h9-18,20-22,27,32,34,38,40-41,44H,19,23-26,28-31,33H2,1-8H3,(H,52,61)(H,53,59)(H,54,62)(H,55,60). The number of carbonyl (C=O) groups excluding carboxylic acids is 6. The second-order valence-corrected chi connectivity index (χ2v) is 20.7. The first-order chi connectivity index (χ1) is 32.5. The van der Waals surface area contributed by atoms with Crippen LogP contribution in [-0.2, 0) is 66.0 Å². The Morgan fingerprint density at radius 2 is 1.42 bits per heavy atom. The smallest absolute Gasteiger partial charge is 0.408 e. The van der Waals surface area contributed by atoms with Gasteiger partial charge < -0.3 is 40.2 Å². The molecule has 4 rings (SSSR count). The monoisotopic (exact) mass is 976 g/mol. The second-order valence-electron chi connectivity index (χ2n) is 18.9. The fraction of sp³-hybridized carbons (Fsp3) is 0.500. The van der Waals surface area contributed by atoms with E-state index in [4.69, 9.17) is 23.9 Å². The number of rotatable bonds is 22. The van der Waals surface area contributed by atoms with Crippen molar-refractivity contribution in [3.63, 3.8) is 0 Å². The van der Waals surface area contributed by atoms with Crippen LogP contribution in [0.4, 0.5) is 4.79 Å². The van der Waals surface area contributed by atoms with Gasteiger partial charge in [-0.3, -0.25) is 24.2 Å². The lowest BCUT2D eigenvalue weighted by atomic mass is 10.0. The molecule has 1 fully saturated rings. The van der Waals surface area contributed by atoms with Crippen molar-refractivity contribution in [3.8, 4) is 0 Å². The molecule has 4 atom stereocenters. The normalized spacial score (nSPS) is 15.5. The molecule has 376 valence electrons. The zero-order chi connectivity index (χ0) is 50.8. The van der Waals surface area contributed by atoms with Gasteiger partial charge in [-0.1, -0.05) is 74.5 Å². The number of ether oxygens (including phenoxy) is 4. The highest BCUT2D eigenvalue weighted by Gasteiger charge is 2.32. The summed E-state index contributed by atoms with van der Waals surface area (Å²) in [5.41, 5.74) is 0.465. The van der Waals surface area contributed by atoms with Crippen LogP contribution in [0.15, 0.2) is 90.4 Å². The molecule has 4 unspecified atom stereocenters. The van der Waals surface area contributed by atoms with Crippen LogP contribution in [0, 0.1) is 5.92 Å². The van der Waals surface area contributed by atoms with Gasteiger partial charge in [-0.25, -0.2) is 18.0 Å². The fourth-order valence-corrected chi connectivity index (χ4v) is 8.10. The van der Waals surface area contributed by atoms with E-state index in [0.29, 0.717) is 11.3 Å². The van der Waals surface area contributed by atoms with Gasteiger partial charge in [0.15, 0.2) is 0 Å². The molecule has 0 spiro atoms. The van der Waals surface area contributed by atoms with E-state index in [1.807, 2.05) is 42.5 Å². The number of sulfonamides is 1. The number of amides is 4. The average molecular weight is 977 g/mol. The summed E-state index contributed by atoms with van der Waals surface area (Å²) < 4.78 is 49.3. The molecule has 0 radical (unpaired) electrons. The van der Waals surface area contributed by atoms with E-state index < -0.39 is 87.1 Å². The van der Waals surface area contributed by atoms with E-state index in [9.17, 15) is 37.2 Å². The Morgan fingerprint density at radius 3 is 2.09 bits per heavy atom. The molecule has 4 N–H and O–H groups in total. The van der Waals surface area contributed by atoms with Crippen molar-refractivity contribution >= 4 is 56.7 Å². The van der Waals surface area contributed by atoms with Crippen LogP contribution in [0.25, 0.3) is 10.9 Å². The van der Waals surface area contributed by atoms with Gasteiger partial charge in [0.05, 0.1) is 18.7 Å². The molecule has 0 saturated carbocycles. The fourth-order valence-electron chi connectivity index (χ4n) is 6.88. The molecule has 4 amide bonds. The zero-order valence-electron chi connectivity index (χ0n) is 40.8. The van der Waals surface area contributed by atoms with E-state index in [-0.39, 0.29) is 65.0 Å². The minimum absolute atomic E-state index is 0.00504. The molecule has 1 aromatic heterocycles. The Kier molecular flexibility index (Phi) is 20.9. The van der Waals surface area contributed by atoms with Crippen LogP contribution in [0.5, 0.6) is 0 Å². The average Bonchev–Trinajstić information content (AvgIpc) is 3.28. The summed E-state index contributed by atoms with van der Waals surface area (Å²) in [6.07, 6.45) is 2.65. The first-order valence-corrected chi connectivity index (χ1v) is 24.6. The third-order valence-corrected chi connectivity index (χ3v) is 11.9. The van der Waals surface area contributed by atoms with Crippen molar-refractivity contribution in [1.29, 1.82) is 0 Å². The summed E-state index contributed by atoms with van der Waals surface area (Å²) in [6.45, 7) is 14.3. The largest absolute Gasteiger partial charge is 0.460 e. The number of fused-ring (bicyclic) bond motifs is 1. The number of benzene rings is 2. The third kappa shape index (κ3) is 20.1. The van der Waals surface area contributed by atoms with Crippen LogP contribution >= 0.6 is 0 Å². The maximum absolute atomic E-state index is 14.5. The minimum atomic E-state index is -3.92. The summed E-state index contributed by atoms with van der Waals surface area (Å²) in [5, 5.41) is 12.8. The molecular weight excluding hydrogens is 909 g/mol. The highest BCUT2D eigenvalue weighted by molar-refractivity contribution is 7.92. The number of hydrogen-bond acceptors (Lipinski definition) is 13. The Labute approximate surface area is 405 Å². The van der Waals surface area contributed by atoms with Crippen molar-refractivity contribution in [1.82, 2.24) is 30.6 Å². The van der Waals surface area contributed by atoms with Gasteiger partial charge in [0.25, 0.3) is 0 Å². The molecule has 0 aliphatic carbocycles. The Morgan fingerprint density at radius 1 is 0.768 bits per heavy atom. The summed E-state index contributed by atoms with van der Waals surface area (Å²) >= 11 is 0. The topological polar surface area (TPSA) is 238 Å². The molecule has 1 aliphatic heterocycles. The molecule has 3 aromatic rings. The lowest BCUT2D eigenvalue weighted by Crippen LogP contribution is -2.58. The number of hydrogen-bond donors (Lipinski definition) is 4. The number of nitrogens with one attached hydrogen (secondary N) is 4. The molecule has 69 heavy (non-hydrogen) atoms. The van der Waals surface area contributed by atoms with E-state index in [2.05, 4.69) is 21.3 Å². The molecule has 1 aliphatic rings. The molecular formula is C50H68N6O12S. The number of para-hydroxylation sites is 1. The van der Waals surface area contributed by atoms with Gasteiger partial charge in [0.1, 0.15) is 35.9 Å². The lowest BCUT2D eigenvalue weighted by Gasteiger charge is -2.28. The summed E-state index contributed by atoms with van der Waals surface area (Å²) in [5.74, 6) is -4.00. The molecule has 1 saturated heterocycles. The number of nitrogens with zero attached hydrogens (tertiary/aromatic N) is 2. The number of aryl methyl sites for hydroxylation is 1. The SMILES string of the molecule is CC(C)C(NC(=O)C(CCc1ccc2ccccc2n1)NC(=O)C(CC=CC(=O)OC(C)(C)C)NC(=O)OCc1ccccc1)C(=O)NC(C=CS(=O)(=O)N1CCOCC1)CCC(=O)OC(C)(C)C. The van der Waals surface area contributed by atoms with E-state index in [0.717, 1.165) is 22.4 Å². The van der Waals surface area contributed by atoms with Crippen molar-refractivity contribution in [2.45, 2.75) is 129 Å². The van der Waals surface area contributed by atoms with E-state index in [1.54, 1.807) is 79.7 Å². The number of alkyl carbamates (subject to hydrolysis) is 1. The van der Waals surface area contributed by atoms with Gasteiger partial charge in [-0.05, 0) is 96.9 Å². The van der Waals surface area contributed by atoms with Gasteiger partial charge in [0.2, 0.25) is 27.7 Å². The van der Waals surface area contributed by atoms with Gasteiger partial charge in [0, 0.05) is 48.1 Å². The predicted molar refractivity (Wildman–Crippen MR) is 259 cm³/mol. The zero-order valence-corrected chi connectivity index (χ0v) is 41.6. The number of morpholine rings is 1. The number of esters is 2. The van der Waals surface area contributed by atoms with Gasteiger partial charge in [-0.15, -0.1) is 0 Å². The number of pyridine rings is 1. The Balaban J connectivity index is 1.60. The summed E-state index contributed by atoms with van der Waals surface area (Å²) in [6, 6.07) is 15.2. The second kappa shape index (κ2) is 26.0. The van der Waals surface area contributed by atoms with Crippen molar-refractivity contribution in [2.75, 3.05) is 26.3 Å². The molecule has 18 nitrogen and oxygen atoms in total. The minimum Gasteiger partial charge on any atom is -0.460 e. The Bertz CT molecular complexity index is 2390. The van der Waals surface area contributed by atoms with Gasteiger partial charge >= 0.3 is 18.0 Å². The van der Waals surface area contributed by atoms with Crippen LogP contribution in [0.2, 0.25) is 0 Å². The highest BCUT2D eigenvalue weighted by Crippen LogP contribution is 2.17.